The molecule has 23 heavy (non-hydrogen) atoms. The maximum Gasteiger partial charge on any atom is 0.165 e. The lowest BCUT2D eigenvalue weighted by Crippen LogP contribution is -2.24. The zero-order chi connectivity index (χ0) is 15.6. The molecule has 7 heteroatoms. The number of aromatic nitrogens is 5. The molecular weight excluding hydrogens is 290 g/mol. The summed E-state index contributed by atoms with van der Waals surface area (Å²) in [5.41, 5.74) is 1.19. The van der Waals surface area contributed by atoms with Crippen LogP contribution in [-0.2, 0) is 6.54 Å². The minimum Gasteiger partial charge on any atom is -0.370 e. The molecule has 0 bridgehead atoms. The fourth-order valence-electron chi connectivity index (χ4n) is 3.16. The van der Waals surface area contributed by atoms with Gasteiger partial charge in [0.2, 0.25) is 0 Å². The number of rotatable bonds is 6. The normalized spacial score (nSPS) is 21.7. The van der Waals surface area contributed by atoms with E-state index in [0.29, 0.717) is 12.0 Å². The topological polar surface area (TPSA) is 71.8 Å². The molecule has 0 spiro atoms. The van der Waals surface area contributed by atoms with E-state index in [-0.39, 0.29) is 0 Å². The number of tetrazole rings is 1. The third-order valence-corrected chi connectivity index (χ3v) is 4.67. The van der Waals surface area contributed by atoms with Crippen LogP contribution >= 0.6 is 0 Å². The largest absolute Gasteiger partial charge is 0.370 e. The fourth-order valence-corrected chi connectivity index (χ4v) is 3.16. The van der Waals surface area contributed by atoms with Crippen LogP contribution in [0.25, 0.3) is 0 Å². The molecule has 1 N–H and O–H groups in total. The Morgan fingerprint density at radius 2 is 2.17 bits per heavy atom. The number of likely N-dealkylation sites (tertiary alicyclic amines) is 1. The van der Waals surface area contributed by atoms with E-state index in [1.165, 1.54) is 24.8 Å². The van der Waals surface area contributed by atoms with Gasteiger partial charge in [0, 0.05) is 19.3 Å². The molecule has 1 saturated carbocycles. The van der Waals surface area contributed by atoms with Crippen LogP contribution < -0.4 is 5.32 Å². The Balaban J connectivity index is 1.27. The molecule has 122 valence electrons. The second-order valence-corrected chi connectivity index (χ2v) is 6.76. The van der Waals surface area contributed by atoms with Crippen molar-refractivity contribution in [3.05, 3.63) is 29.7 Å². The van der Waals surface area contributed by atoms with Gasteiger partial charge in [-0.25, -0.2) is 9.67 Å². The molecule has 1 atom stereocenters. The maximum absolute atomic E-state index is 4.40. The average Bonchev–Trinajstić information content (AvgIpc) is 3.13. The molecule has 0 radical (unpaired) electrons. The minimum atomic E-state index is 0.549. The molecule has 1 saturated heterocycles. The summed E-state index contributed by atoms with van der Waals surface area (Å²) in [6, 6.07) is 4.69. The van der Waals surface area contributed by atoms with Crippen molar-refractivity contribution in [3.63, 3.8) is 0 Å². The van der Waals surface area contributed by atoms with Crippen molar-refractivity contribution >= 4 is 5.82 Å². The van der Waals surface area contributed by atoms with Crippen molar-refractivity contribution in [2.45, 2.75) is 38.8 Å². The number of nitrogens with one attached hydrogen (secondary N) is 1. The summed E-state index contributed by atoms with van der Waals surface area (Å²) < 4.78 is 2.02. The first-order chi connectivity index (χ1) is 11.3. The molecule has 3 heterocycles. The van der Waals surface area contributed by atoms with E-state index in [4.69, 9.17) is 0 Å². The number of aryl methyl sites for hydroxylation is 1. The monoisotopic (exact) mass is 313 g/mol. The van der Waals surface area contributed by atoms with Crippen LogP contribution in [0.4, 0.5) is 5.82 Å². The van der Waals surface area contributed by atoms with Crippen molar-refractivity contribution < 1.29 is 0 Å². The van der Waals surface area contributed by atoms with Gasteiger partial charge in [0.05, 0.1) is 12.6 Å². The lowest BCUT2D eigenvalue weighted by atomic mass is 10.1. The molecule has 4 rings (SSSR count). The molecule has 0 amide bonds. The first-order valence-electron chi connectivity index (χ1n) is 8.43. The van der Waals surface area contributed by atoms with Gasteiger partial charge in [0.25, 0.3) is 0 Å². The Hall–Kier alpha value is -2.02. The number of hydrogen-bond acceptors (Lipinski definition) is 6. The van der Waals surface area contributed by atoms with Gasteiger partial charge in [-0.05, 0) is 60.7 Å². The highest BCUT2D eigenvalue weighted by atomic mass is 15.6. The Bertz CT molecular complexity index is 647. The average molecular weight is 313 g/mol. The molecular formula is C16H23N7. The second-order valence-electron chi connectivity index (χ2n) is 6.76. The molecule has 0 aromatic carbocycles. The quantitative estimate of drug-likeness (QED) is 0.874. The Morgan fingerprint density at radius 1 is 1.26 bits per heavy atom. The van der Waals surface area contributed by atoms with Crippen LogP contribution in [0.15, 0.2) is 18.3 Å². The van der Waals surface area contributed by atoms with E-state index in [1.807, 2.05) is 16.9 Å². The van der Waals surface area contributed by atoms with Gasteiger partial charge in [0.1, 0.15) is 5.82 Å². The van der Waals surface area contributed by atoms with Crippen LogP contribution in [-0.4, -0.2) is 49.7 Å². The summed E-state index contributed by atoms with van der Waals surface area (Å²) in [5, 5.41) is 15.6. The number of hydrogen-bond donors (Lipinski definition) is 1. The molecule has 2 aliphatic rings. The molecule has 1 aliphatic heterocycles. The Morgan fingerprint density at radius 3 is 2.96 bits per heavy atom. The number of anilines is 1. The van der Waals surface area contributed by atoms with Crippen LogP contribution in [0.5, 0.6) is 0 Å². The van der Waals surface area contributed by atoms with Crippen molar-refractivity contribution in [2.75, 3.05) is 25.0 Å². The summed E-state index contributed by atoms with van der Waals surface area (Å²) in [5.74, 6) is 2.64. The van der Waals surface area contributed by atoms with Crippen LogP contribution in [0, 0.1) is 12.8 Å². The summed E-state index contributed by atoms with van der Waals surface area (Å²) in [7, 11) is 0. The van der Waals surface area contributed by atoms with Gasteiger partial charge in [-0.3, -0.25) is 4.90 Å². The van der Waals surface area contributed by atoms with Crippen LogP contribution in [0.2, 0.25) is 0 Å². The van der Waals surface area contributed by atoms with Crippen LogP contribution in [0.1, 0.15) is 36.7 Å². The van der Waals surface area contributed by atoms with Gasteiger partial charge in [0.15, 0.2) is 5.82 Å². The predicted octanol–water partition coefficient (Wildman–Crippen LogP) is 1.65. The zero-order valence-electron chi connectivity index (χ0n) is 13.5. The molecule has 2 aromatic heterocycles. The third-order valence-electron chi connectivity index (χ3n) is 4.67. The zero-order valence-corrected chi connectivity index (χ0v) is 13.5. The summed E-state index contributed by atoms with van der Waals surface area (Å²) in [6.07, 6.45) is 5.55. The number of pyridine rings is 1. The minimum absolute atomic E-state index is 0.549. The summed E-state index contributed by atoms with van der Waals surface area (Å²) in [6.45, 7) is 6.10. The highest BCUT2D eigenvalue weighted by Crippen LogP contribution is 2.34. The third kappa shape index (κ3) is 3.50. The summed E-state index contributed by atoms with van der Waals surface area (Å²) >= 11 is 0. The highest BCUT2D eigenvalue weighted by molar-refractivity contribution is 5.35. The van der Waals surface area contributed by atoms with E-state index in [2.05, 4.69) is 43.7 Å². The molecule has 2 aromatic rings. The van der Waals surface area contributed by atoms with Gasteiger partial charge in [-0.2, -0.15) is 0 Å². The van der Waals surface area contributed by atoms with Gasteiger partial charge in [-0.15, -0.1) is 5.10 Å². The van der Waals surface area contributed by atoms with Gasteiger partial charge in [-0.1, -0.05) is 6.07 Å². The van der Waals surface area contributed by atoms with E-state index in [1.54, 1.807) is 0 Å². The summed E-state index contributed by atoms with van der Waals surface area (Å²) in [4.78, 5) is 6.86. The smallest absolute Gasteiger partial charge is 0.165 e. The highest BCUT2D eigenvalue weighted by Gasteiger charge is 2.29. The van der Waals surface area contributed by atoms with E-state index in [0.717, 1.165) is 37.8 Å². The van der Waals surface area contributed by atoms with E-state index >= 15 is 0 Å². The van der Waals surface area contributed by atoms with Crippen molar-refractivity contribution in [3.8, 4) is 0 Å². The van der Waals surface area contributed by atoms with Crippen molar-refractivity contribution in [2.24, 2.45) is 5.92 Å². The molecule has 7 nitrogen and oxygen atoms in total. The molecule has 1 aliphatic carbocycles. The van der Waals surface area contributed by atoms with Gasteiger partial charge >= 0.3 is 0 Å². The molecule has 2 fully saturated rings. The maximum atomic E-state index is 4.40. The van der Waals surface area contributed by atoms with Crippen molar-refractivity contribution in [1.82, 2.24) is 30.1 Å². The predicted molar refractivity (Wildman–Crippen MR) is 86.9 cm³/mol. The first-order valence-corrected chi connectivity index (χ1v) is 8.43. The van der Waals surface area contributed by atoms with Crippen molar-refractivity contribution in [1.29, 1.82) is 0 Å². The second kappa shape index (κ2) is 6.23. The standard InChI is InChI=1S/C16H23N7/c1-12-2-5-15(17-8-12)18-9-13-6-7-22(10-13)11-16-19-20-21-23(16)14-3-4-14/h2,5,8,13-14H,3-4,6-7,9-11H2,1H3,(H,17,18)/t13-/m0/s1. The Labute approximate surface area is 136 Å². The SMILES string of the molecule is Cc1ccc(NC[C@@H]2CCN(Cc3nnnn3C3CC3)C2)nc1. The lowest BCUT2D eigenvalue weighted by Gasteiger charge is -2.16. The fraction of sp³-hybridized carbons (Fsp3) is 0.625. The number of nitrogens with zero attached hydrogens (tertiary/aromatic N) is 6. The Kier molecular flexibility index (Phi) is 3.95. The van der Waals surface area contributed by atoms with Gasteiger partial charge < -0.3 is 5.32 Å². The van der Waals surface area contributed by atoms with E-state index < -0.39 is 0 Å². The lowest BCUT2D eigenvalue weighted by molar-refractivity contribution is 0.302. The van der Waals surface area contributed by atoms with E-state index in [9.17, 15) is 0 Å². The van der Waals surface area contributed by atoms with Crippen LogP contribution in [0.3, 0.4) is 0 Å². The molecule has 0 unspecified atom stereocenters. The first kappa shape index (κ1) is 14.6.